The second-order valence-corrected chi connectivity index (χ2v) is 5.02. The summed E-state index contributed by atoms with van der Waals surface area (Å²) in [4.78, 5) is 0. The van der Waals surface area contributed by atoms with E-state index in [1.165, 1.54) is 0 Å². The monoisotopic (exact) mass is 276 g/mol. The lowest BCUT2D eigenvalue weighted by Gasteiger charge is -2.17. The average molecular weight is 277 g/mol. The number of aryl methyl sites for hydroxylation is 1. The lowest BCUT2D eigenvalue weighted by atomic mass is 10.0. The van der Waals surface area contributed by atoms with E-state index in [0.717, 1.165) is 12.0 Å². The Labute approximate surface area is 112 Å². The first-order chi connectivity index (χ1) is 8.04. The van der Waals surface area contributed by atoms with E-state index in [4.69, 9.17) is 23.2 Å². The number of benzene rings is 1. The molecule has 1 aromatic carbocycles. The molecule has 0 aliphatic rings. The first kappa shape index (κ1) is 14.8. The van der Waals surface area contributed by atoms with Gasteiger partial charge >= 0.3 is 0 Å². The minimum atomic E-state index is -0.676. The van der Waals surface area contributed by atoms with Crippen molar-refractivity contribution in [2.75, 3.05) is 0 Å². The van der Waals surface area contributed by atoms with Crippen molar-refractivity contribution in [3.8, 4) is 0 Å². The first-order valence-electron chi connectivity index (χ1n) is 5.84. The van der Waals surface area contributed by atoms with Crippen molar-refractivity contribution in [2.24, 2.45) is 0 Å². The SMILES string of the molecule is CCCC(O)C(O)CCc1ccc(Cl)c(Cl)c1. The third kappa shape index (κ3) is 4.84. The fourth-order valence-corrected chi connectivity index (χ4v) is 2.01. The third-order valence-electron chi connectivity index (χ3n) is 2.74. The molecule has 4 heteroatoms. The molecule has 0 aromatic heterocycles. The molecule has 1 rings (SSSR count). The van der Waals surface area contributed by atoms with Crippen molar-refractivity contribution in [1.29, 1.82) is 0 Å². The van der Waals surface area contributed by atoms with Crippen molar-refractivity contribution >= 4 is 23.2 Å². The van der Waals surface area contributed by atoms with E-state index in [1.54, 1.807) is 12.1 Å². The summed E-state index contributed by atoms with van der Waals surface area (Å²) in [5, 5.41) is 20.4. The number of hydrogen-bond acceptors (Lipinski definition) is 2. The molecule has 0 amide bonds. The Morgan fingerprint density at radius 3 is 2.29 bits per heavy atom. The van der Waals surface area contributed by atoms with Crippen molar-refractivity contribution in [1.82, 2.24) is 0 Å². The second kappa shape index (κ2) is 7.22. The molecular formula is C13H18Cl2O2. The topological polar surface area (TPSA) is 40.5 Å². The molecule has 2 N–H and O–H groups in total. The molecule has 2 unspecified atom stereocenters. The molecule has 0 fully saturated rings. The van der Waals surface area contributed by atoms with Gasteiger partial charge in [-0.3, -0.25) is 0 Å². The summed E-state index contributed by atoms with van der Waals surface area (Å²) in [7, 11) is 0. The van der Waals surface area contributed by atoms with Gasteiger partial charge in [0.05, 0.1) is 22.3 Å². The predicted octanol–water partition coefficient (Wildman–Crippen LogP) is 3.45. The standard InChI is InChI=1S/C13H18Cl2O2/c1-2-3-12(16)13(17)7-5-9-4-6-10(14)11(15)8-9/h4,6,8,12-13,16-17H,2-3,5,7H2,1H3. The zero-order chi connectivity index (χ0) is 12.8. The molecule has 0 spiro atoms. The Bertz CT molecular complexity index is 355. The van der Waals surface area contributed by atoms with Gasteiger partial charge in [-0.15, -0.1) is 0 Å². The molecule has 0 heterocycles. The Hall–Kier alpha value is -0.280. The zero-order valence-electron chi connectivity index (χ0n) is 9.87. The van der Waals surface area contributed by atoms with Crippen LogP contribution in [0, 0.1) is 0 Å². The van der Waals surface area contributed by atoms with Gasteiger partial charge in [-0.25, -0.2) is 0 Å². The molecule has 1 aromatic rings. The van der Waals surface area contributed by atoms with Crippen LogP contribution < -0.4 is 0 Å². The van der Waals surface area contributed by atoms with Gasteiger partial charge in [0.2, 0.25) is 0 Å². The van der Waals surface area contributed by atoms with Gasteiger partial charge in [-0.05, 0) is 37.0 Å². The van der Waals surface area contributed by atoms with Crippen LogP contribution >= 0.6 is 23.2 Å². The van der Waals surface area contributed by atoms with E-state index in [-0.39, 0.29) is 0 Å². The highest BCUT2D eigenvalue weighted by Gasteiger charge is 2.15. The van der Waals surface area contributed by atoms with Crippen LogP contribution in [0.2, 0.25) is 10.0 Å². The average Bonchev–Trinajstić information content (AvgIpc) is 2.30. The summed E-state index contributed by atoms with van der Waals surface area (Å²) in [6.45, 7) is 1.98. The van der Waals surface area contributed by atoms with Gasteiger partial charge in [-0.2, -0.15) is 0 Å². The van der Waals surface area contributed by atoms with Crippen LogP contribution in [0.1, 0.15) is 31.7 Å². The van der Waals surface area contributed by atoms with Gasteiger partial charge in [0, 0.05) is 0 Å². The van der Waals surface area contributed by atoms with E-state index in [0.29, 0.717) is 29.3 Å². The van der Waals surface area contributed by atoms with Crippen LogP contribution in [0.25, 0.3) is 0 Å². The molecule has 0 saturated carbocycles. The third-order valence-corrected chi connectivity index (χ3v) is 3.48. The minimum Gasteiger partial charge on any atom is -0.390 e. The van der Waals surface area contributed by atoms with Crippen LogP contribution in [-0.2, 0) is 6.42 Å². The molecule has 17 heavy (non-hydrogen) atoms. The summed E-state index contributed by atoms with van der Waals surface area (Å²) in [6.07, 6.45) is 1.39. The van der Waals surface area contributed by atoms with Gasteiger partial charge in [-0.1, -0.05) is 42.6 Å². The quantitative estimate of drug-likeness (QED) is 0.836. The van der Waals surface area contributed by atoms with Crippen LogP contribution in [-0.4, -0.2) is 22.4 Å². The summed E-state index contributed by atoms with van der Waals surface area (Å²) >= 11 is 11.7. The molecule has 96 valence electrons. The lowest BCUT2D eigenvalue weighted by molar-refractivity contribution is 0.00981. The van der Waals surface area contributed by atoms with Gasteiger partial charge < -0.3 is 10.2 Å². The number of rotatable bonds is 6. The molecule has 2 atom stereocenters. The van der Waals surface area contributed by atoms with Crippen molar-refractivity contribution in [3.63, 3.8) is 0 Å². The predicted molar refractivity (Wildman–Crippen MR) is 71.7 cm³/mol. The molecule has 0 radical (unpaired) electrons. The first-order valence-corrected chi connectivity index (χ1v) is 6.60. The van der Waals surface area contributed by atoms with Crippen LogP contribution in [0.5, 0.6) is 0 Å². The molecule has 0 aliphatic heterocycles. The molecule has 0 saturated heterocycles. The van der Waals surface area contributed by atoms with Gasteiger partial charge in [0.15, 0.2) is 0 Å². The maximum atomic E-state index is 9.72. The second-order valence-electron chi connectivity index (χ2n) is 4.21. The number of halogens is 2. The molecular weight excluding hydrogens is 259 g/mol. The van der Waals surface area contributed by atoms with Crippen molar-refractivity contribution in [3.05, 3.63) is 33.8 Å². The van der Waals surface area contributed by atoms with E-state index < -0.39 is 12.2 Å². The normalized spacial score (nSPS) is 14.6. The number of aliphatic hydroxyl groups excluding tert-OH is 2. The van der Waals surface area contributed by atoms with Gasteiger partial charge in [0.25, 0.3) is 0 Å². The smallest absolute Gasteiger partial charge is 0.0802 e. The highest BCUT2D eigenvalue weighted by Crippen LogP contribution is 2.23. The lowest BCUT2D eigenvalue weighted by Crippen LogP contribution is -2.26. The van der Waals surface area contributed by atoms with E-state index in [9.17, 15) is 10.2 Å². The molecule has 0 bridgehead atoms. The highest BCUT2D eigenvalue weighted by molar-refractivity contribution is 6.42. The fourth-order valence-electron chi connectivity index (χ4n) is 1.69. The van der Waals surface area contributed by atoms with Crippen LogP contribution in [0.15, 0.2) is 18.2 Å². The minimum absolute atomic E-state index is 0.521. The Morgan fingerprint density at radius 2 is 1.71 bits per heavy atom. The molecule has 2 nitrogen and oxygen atoms in total. The largest absolute Gasteiger partial charge is 0.390 e. The van der Waals surface area contributed by atoms with Crippen molar-refractivity contribution < 1.29 is 10.2 Å². The summed E-state index contributed by atoms with van der Waals surface area (Å²) in [6, 6.07) is 5.42. The fraction of sp³-hybridized carbons (Fsp3) is 0.538. The zero-order valence-corrected chi connectivity index (χ0v) is 11.4. The number of hydrogen-bond donors (Lipinski definition) is 2. The van der Waals surface area contributed by atoms with E-state index in [2.05, 4.69) is 0 Å². The van der Waals surface area contributed by atoms with E-state index >= 15 is 0 Å². The Kier molecular flexibility index (Phi) is 6.28. The maximum Gasteiger partial charge on any atom is 0.0802 e. The van der Waals surface area contributed by atoms with Crippen LogP contribution in [0.4, 0.5) is 0 Å². The Morgan fingerprint density at radius 1 is 1.06 bits per heavy atom. The summed E-state index contributed by atoms with van der Waals surface area (Å²) < 4.78 is 0. The highest BCUT2D eigenvalue weighted by atomic mass is 35.5. The Balaban J connectivity index is 2.47. The van der Waals surface area contributed by atoms with Crippen LogP contribution in [0.3, 0.4) is 0 Å². The summed E-state index contributed by atoms with van der Waals surface area (Å²) in [5.74, 6) is 0. The maximum absolute atomic E-state index is 9.72. The van der Waals surface area contributed by atoms with E-state index in [1.807, 2.05) is 13.0 Å². The summed E-state index contributed by atoms with van der Waals surface area (Å²) in [5.41, 5.74) is 1.02. The van der Waals surface area contributed by atoms with Crippen molar-refractivity contribution in [2.45, 2.75) is 44.8 Å². The number of aliphatic hydroxyl groups is 2. The molecule has 0 aliphatic carbocycles. The van der Waals surface area contributed by atoms with Gasteiger partial charge in [0.1, 0.15) is 0 Å².